The van der Waals surface area contributed by atoms with E-state index in [1.165, 1.54) is 0 Å². The summed E-state index contributed by atoms with van der Waals surface area (Å²) in [7, 11) is 4.20. The van der Waals surface area contributed by atoms with Gasteiger partial charge in [0.1, 0.15) is 0 Å². The maximum atomic E-state index is 4.44. The normalized spacial score (nSPS) is 11.0. The molecule has 15 heavy (non-hydrogen) atoms. The Balaban J connectivity index is 2.51. The molecule has 0 atom stereocenters. The van der Waals surface area contributed by atoms with Crippen molar-refractivity contribution >= 4 is 5.95 Å². The van der Waals surface area contributed by atoms with Gasteiger partial charge in [-0.05, 0) is 40.9 Å². The van der Waals surface area contributed by atoms with Gasteiger partial charge < -0.3 is 14.8 Å². The zero-order chi connectivity index (χ0) is 11.3. The topological polar surface area (TPSA) is 33.1 Å². The SMILES string of the molecule is CCNc1nc(C)cn1CCCN(C)C. The summed E-state index contributed by atoms with van der Waals surface area (Å²) >= 11 is 0. The number of hydrogen-bond donors (Lipinski definition) is 1. The minimum atomic E-state index is 0.921. The molecule has 0 fully saturated rings. The summed E-state index contributed by atoms with van der Waals surface area (Å²) in [5, 5.41) is 3.27. The average Bonchev–Trinajstić information content (AvgIpc) is 2.47. The Labute approximate surface area is 92.3 Å². The lowest BCUT2D eigenvalue weighted by Crippen LogP contribution is -2.15. The van der Waals surface area contributed by atoms with Crippen molar-refractivity contribution in [2.45, 2.75) is 26.8 Å². The number of hydrogen-bond acceptors (Lipinski definition) is 3. The third-order valence-electron chi connectivity index (χ3n) is 2.24. The largest absolute Gasteiger partial charge is 0.356 e. The molecule has 0 aliphatic heterocycles. The predicted molar refractivity (Wildman–Crippen MR) is 64.3 cm³/mol. The van der Waals surface area contributed by atoms with E-state index in [0.717, 1.165) is 37.7 Å². The van der Waals surface area contributed by atoms with Crippen LogP contribution in [0.2, 0.25) is 0 Å². The molecule has 1 N–H and O–H groups in total. The molecule has 4 heteroatoms. The number of rotatable bonds is 6. The molecule has 0 radical (unpaired) electrons. The molecule has 1 aromatic heterocycles. The summed E-state index contributed by atoms with van der Waals surface area (Å²) in [6, 6.07) is 0. The van der Waals surface area contributed by atoms with Crippen molar-refractivity contribution in [3.05, 3.63) is 11.9 Å². The molecule has 0 amide bonds. The number of anilines is 1. The van der Waals surface area contributed by atoms with Crippen molar-refractivity contribution in [2.24, 2.45) is 0 Å². The Bertz CT molecular complexity index is 291. The van der Waals surface area contributed by atoms with Crippen LogP contribution in [0.1, 0.15) is 19.0 Å². The molecule has 0 bridgehead atoms. The zero-order valence-corrected chi connectivity index (χ0v) is 10.2. The molecule has 0 saturated carbocycles. The molecule has 1 heterocycles. The molecule has 0 unspecified atom stereocenters. The number of nitrogens with zero attached hydrogens (tertiary/aromatic N) is 3. The zero-order valence-electron chi connectivity index (χ0n) is 10.2. The minimum Gasteiger partial charge on any atom is -0.356 e. The highest BCUT2D eigenvalue weighted by molar-refractivity contribution is 5.28. The Morgan fingerprint density at radius 2 is 2.20 bits per heavy atom. The highest BCUT2D eigenvalue weighted by Crippen LogP contribution is 2.08. The molecule has 0 aliphatic rings. The first-order valence-corrected chi connectivity index (χ1v) is 5.56. The molecule has 86 valence electrons. The van der Waals surface area contributed by atoms with Crippen LogP contribution in [-0.4, -0.2) is 41.6 Å². The van der Waals surface area contributed by atoms with E-state index in [4.69, 9.17) is 0 Å². The lowest BCUT2D eigenvalue weighted by molar-refractivity contribution is 0.387. The second kappa shape index (κ2) is 5.75. The first-order chi connectivity index (χ1) is 7.13. The van der Waals surface area contributed by atoms with Crippen molar-refractivity contribution in [3.63, 3.8) is 0 Å². The van der Waals surface area contributed by atoms with Gasteiger partial charge in [0.05, 0.1) is 5.69 Å². The average molecular weight is 210 g/mol. The Hall–Kier alpha value is -1.03. The number of imidazole rings is 1. The van der Waals surface area contributed by atoms with E-state index in [1.807, 2.05) is 6.92 Å². The lowest BCUT2D eigenvalue weighted by Gasteiger charge is -2.11. The van der Waals surface area contributed by atoms with Crippen molar-refractivity contribution in [1.82, 2.24) is 14.5 Å². The standard InChI is InChI=1S/C11H22N4/c1-5-12-11-13-10(2)9-15(11)8-6-7-14(3)4/h9H,5-8H2,1-4H3,(H,12,13). The molecule has 0 aromatic carbocycles. The van der Waals surface area contributed by atoms with Crippen LogP contribution in [0.4, 0.5) is 5.95 Å². The van der Waals surface area contributed by atoms with Gasteiger partial charge in [0.25, 0.3) is 0 Å². The fourth-order valence-corrected chi connectivity index (χ4v) is 1.57. The molecular weight excluding hydrogens is 188 g/mol. The first-order valence-electron chi connectivity index (χ1n) is 5.56. The van der Waals surface area contributed by atoms with Gasteiger partial charge in [0, 0.05) is 19.3 Å². The van der Waals surface area contributed by atoms with E-state index in [-0.39, 0.29) is 0 Å². The highest BCUT2D eigenvalue weighted by atomic mass is 15.2. The second-order valence-corrected chi connectivity index (χ2v) is 4.09. The van der Waals surface area contributed by atoms with Gasteiger partial charge >= 0.3 is 0 Å². The van der Waals surface area contributed by atoms with E-state index in [2.05, 4.69) is 47.0 Å². The third-order valence-corrected chi connectivity index (χ3v) is 2.24. The Kier molecular flexibility index (Phi) is 4.62. The van der Waals surface area contributed by atoms with Crippen molar-refractivity contribution in [3.8, 4) is 0 Å². The maximum absolute atomic E-state index is 4.44. The first kappa shape index (κ1) is 12.0. The summed E-state index contributed by atoms with van der Waals surface area (Å²) in [5.41, 5.74) is 1.08. The second-order valence-electron chi connectivity index (χ2n) is 4.09. The molecular formula is C11H22N4. The van der Waals surface area contributed by atoms with E-state index in [1.54, 1.807) is 0 Å². The van der Waals surface area contributed by atoms with Crippen LogP contribution in [0.25, 0.3) is 0 Å². The van der Waals surface area contributed by atoms with Crippen LogP contribution in [0.5, 0.6) is 0 Å². The van der Waals surface area contributed by atoms with E-state index >= 15 is 0 Å². The quantitative estimate of drug-likeness (QED) is 0.774. The van der Waals surface area contributed by atoms with Crippen LogP contribution in [0, 0.1) is 6.92 Å². The van der Waals surface area contributed by atoms with E-state index in [9.17, 15) is 0 Å². The highest BCUT2D eigenvalue weighted by Gasteiger charge is 2.03. The Morgan fingerprint density at radius 1 is 1.47 bits per heavy atom. The monoisotopic (exact) mass is 210 g/mol. The summed E-state index contributed by atoms with van der Waals surface area (Å²) in [6.07, 6.45) is 3.26. The third kappa shape index (κ3) is 3.91. The minimum absolute atomic E-state index is 0.921. The van der Waals surface area contributed by atoms with Crippen molar-refractivity contribution in [1.29, 1.82) is 0 Å². The van der Waals surface area contributed by atoms with Crippen LogP contribution in [-0.2, 0) is 6.54 Å². The van der Waals surface area contributed by atoms with Gasteiger partial charge in [-0.25, -0.2) is 4.98 Å². The maximum Gasteiger partial charge on any atom is 0.203 e. The fraction of sp³-hybridized carbons (Fsp3) is 0.727. The Morgan fingerprint density at radius 3 is 2.80 bits per heavy atom. The predicted octanol–water partition coefficient (Wildman–Crippen LogP) is 1.58. The molecule has 1 aromatic rings. The smallest absolute Gasteiger partial charge is 0.203 e. The van der Waals surface area contributed by atoms with Crippen LogP contribution in [0.15, 0.2) is 6.20 Å². The van der Waals surface area contributed by atoms with Crippen LogP contribution in [0.3, 0.4) is 0 Å². The van der Waals surface area contributed by atoms with Gasteiger partial charge in [-0.1, -0.05) is 0 Å². The van der Waals surface area contributed by atoms with Crippen molar-refractivity contribution < 1.29 is 0 Å². The van der Waals surface area contributed by atoms with Crippen LogP contribution < -0.4 is 5.32 Å². The van der Waals surface area contributed by atoms with Gasteiger partial charge in [-0.2, -0.15) is 0 Å². The van der Waals surface area contributed by atoms with E-state index in [0.29, 0.717) is 0 Å². The summed E-state index contributed by atoms with van der Waals surface area (Å²) < 4.78 is 2.20. The van der Waals surface area contributed by atoms with Gasteiger partial charge in [-0.3, -0.25) is 0 Å². The summed E-state index contributed by atoms with van der Waals surface area (Å²) in [5.74, 6) is 0.994. The molecule has 4 nitrogen and oxygen atoms in total. The van der Waals surface area contributed by atoms with Gasteiger partial charge in [0.2, 0.25) is 5.95 Å². The van der Waals surface area contributed by atoms with E-state index < -0.39 is 0 Å². The molecule has 0 aliphatic carbocycles. The molecule has 0 spiro atoms. The molecule has 0 saturated heterocycles. The molecule has 1 rings (SSSR count). The van der Waals surface area contributed by atoms with Crippen molar-refractivity contribution in [2.75, 3.05) is 32.5 Å². The van der Waals surface area contributed by atoms with Crippen LogP contribution >= 0.6 is 0 Å². The summed E-state index contributed by atoms with van der Waals surface area (Å²) in [6.45, 7) is 7.19. The summed E-state index contributed by atoms with van der Waals surface area (Å²) in [4.78, 5) is 6.64. The lowest BCUT2D eigenvalue weighted by atomic mass is 10.4. The number of aromatic nitrogens is 2. The number of nitrogens with one attached hydrogen (secondary N) is 1. The van der Waals surface area contributed by atoms with Gasteiger partial charge in [0.15, 0.2) is 0 Å². The fourth-order valence-electron chi connectivity index (χ4n) is 1.57. The van der Waals surface area contributed by atoms with Gasteiger partial charge in [-0.15, -0.1) is 0 Å². The number of aryl methyl sites for hydroxylation is 2.